The van der Waals surface area contributed by atoms with Crippen molar-refractivity contribution in [3.05, 3.63) is 57.8 Å². The van der Waals surface area contributed by atoms with Crippen LogP contribution in [0.25, 0.3) is 0 Å². The number of carbonyl (C=O) groups excluding carboxylic acids is 2. The fraction of sp³-hybridized carbons (Fsp3) is 0.278. The monoisotopic (exact) mass is 360 g/mol. The van der Waals surface area contributed by atoms with Crippen LogP contribution in [-0.4, -0.2) is 29.4 Å². The molecule has 0 saturated carbocycles. The van der Waals surface area contributed by atoms with Gasteiger partial charge in [-0.15, -0.1) is 11.3 Å². The molecule has 0 aliphatic heterocycles. The maximum Gasteiger partial charge on any atom is 0.310 e. The van der Waals surface area contributed by atoms with Crippen molar-refractivity contribution in [1.82, 2.24) is 10.6 Å². The fourth-order valence-corrected chi connectivity index (χ4v) is 2.57. The molecule has 0 saturated heterocycles. The Morgan fingerprint density at radius 2 is 1.72 bits per heavy atom. The van der Waals surface area contributed by atoms with Crippen molar-refractivity contribution >= 4 is 29.1 Å². The van der Waals surface area contributed by atoms with Gasteiger partial charge in [-0.1, -0.05) is 18.2 Å². The second-order valence-corrected chi connectivity index (χ2v) is 7.18. The second kappa shape index (κ2) is 7.94. The van der Waals surface area contributed by atoms with Gasteiger partial charge in [-0.05, 0) is 43.0 Å². The molecule has 2 aromatic rings. The van der Waals surface area contributed by atoms with Gasteiger partial charge in [-0.25, -0.2) is 0 Å². The van der Waals surface area contributed by atoms with E-state index >= 15 is 0 Å². The smallest absolute Gasteiger partial charge is 0.310 e. The molecule has 0 radical (unpaired) electrons. The molecule has 25 heavy (non-hydrogen) atoms. The molecular formula is C18H20N2O4S. The van der Waals surface area contributed by atoms with E-state index in [1.807, 2.05) is 11.4 Å². The van der Waals surface area contributed by atoms with E-state index < -0.39 is 11.4 Å². The number of carboxylic acids is 1. The van der Waals surface area contributed by atoms with E-state index in [-0.39, 0.29) is 18.4 Å². The van der Waals surface area contributed by atoms with Crippen LogP contribution in [0.1, 0.15) is 39.4 Å². The third kappa shape index (κ3) is 5.15. The molecular weight excluding hydrogens is 340 g/mol. The number of amides is 2. The van der Waals surface area contributed by atoms with E-state index in [1.54, 1.807) is 44.2 Å². The second-order valence-electron chi connectivity index (χ2n) is 6.23. The largest absolute Gasteiger partial charge is 0.481 e. The molecule has 6 nitrogen and oxygen atoms in total. The van der Waals surface area contributed by atoms with Gasteiger partial charge >= 0.3 is 5.97 Å². The molecule has 1 heterocycles. The van der Waals surface area contributed by atoms with Gasteiger partial charge in [0.15, 0.2) is 0 Å². The normalized spacial score (nSPS) is 11.0. The maximum absolute atomic E-state index is 12.1. The highest BCUT2D eigenvalue weighted by atomic mass is 32.1. The molecule has 7 heteroatoms. The van der Waals surface area contributed by atoms with Gasteiger partial charge < -0.3 is 15.7 Å². The first kappa shape index (κ1) is 18.7. The minimum Gasteiger partial charge on any atom is -0.481 e. The quantitative estimate of drug-likeness (QED) is 0.707. The van der Waals surface area contributed by atoms with Gasteiger partial charge in [-0.3, -0.25) is 14.4 Å². The highest BCUT2D eigenvalue weighted by molar-refractivity contribution is 7.12. The Hall–Kier alpha value is -2.67. The first-order valence-electron chi connectivity index (χ1n) is 7.72. The molecule has 0 fully saturated rings. The van der Waals surface area contributed by atoms with Crippen molar-refractivity contribution in [3.63, 3.8) is 0 Å². The number of hydrogen-bond acceptors (Lipinski definition) is 4. The van der Waals surface area contributed by atoms with Gasteiger partial charge in [0.25, 0.3) is 11.8 Å². The molecule has 0 unspecified atom stereocenters. The third-order valence-corrected chi connectivity index (χ3v) is 4.55. The minimum absolute atomic E-state index is 0.0415. The number of carbonyl (C=O) groups is 3. The zero-order valence-corrected chi connectivity index (χ0v) is 14.9. The summed E-state index contributed by atoms with van der Waals surface area (Å²) in [5, 5.41) is 16.3. The van der Waals surface area contributed by atoms with Gasteiger partial charge in [0, 0.05) is 18.7 Å². The van der Waals surface area contributed by atoms with Crippen LogP contribution in [0, 0.1) is 5.41 Å². The van der Waals surface area contributed by atoms with Gasteiger partial charge in [-0.2, -0.15) is 0 Å². The average Bonchev–Trinajstić information content (AvgIpc) is 3.12. The predicted octanol–water partition coefficient (Wildman–Crippen LogP) is 2.52. The molecule has 0 atom stereocenters. The first-order valence-corrected chi connectivity index (χ1v) is 8.60. The Balaban J connectivity index is 1.87. The van der Waals surface area contributed by atoms with Crippen LogP contribution in [0.15, 0.2) is 41.8 Å². The summed E-state index contributed by atoms with van der Waals surface area (Å²) in [5.74, 6) is -1.43. The predicted molar refractivity (Wildman–Crippen MR) is 95.7 cm³/mol. The van der Waals surface area contributed by atoms with Crippen LogP contribution in [0.2, 0.25) is 0 Å². The summed E-state index contributed by atoms with van der Waals surface area (Å²) in [6.07, 6.45) is 0. The van der Waals surface area contributed by atoms with Crippen molar-refractivity contribution in [2.45, 2.75) is 20.4 Å². The van der Waals surface area contributed by atoms with E-state index in [4.69, 9.17) is 5.11 Å². The molecule has 2 rings (SSSR count). The molecule has 0 aliphatic carbocycles. The fourth-order valence-electron chi connectivity index (χ4n) is 1.93. The summed E-state index contributed by atoms with van der Waals surface area (Å²) in [5.41, 5.74) is 0.281. The molecule has 0 bridgehead atoms. The lowest BCUT2D eigenvalue weighted by atomic mass is 9.94. The first-order chi connectivity index (χ1) is 11.8. The van der Waals surface area contributed by atoms with Crippen molar-refractivity contribution < 1.29 is 19.5 Å². The van der Waals surface area contributed by atoms with Gasteiger partial charge in [0.1, 0.15) is 0 Å². The zero-order chi connectivity index (χ0) is 18.4. The van der Waals surface area contributed by atoms with Crippen LogP contribution in [0.5, 0.6) is 0 Å². The number of hydrogen-bond donors (Lipinski definition) is 3. The Morgan fingerprint density at radius 3 is 2.28 bits per heavy atom. The molecule has 0 aliphatic rings. The standard InChI is InChI=1S/C18H20N2O4S/c1-18(2,17(23)24)11-20-15(21)13-7-5-12(6-8-13)10-19-16(22)14-4-3-9-25-14/h3-9H,10-11H2,1-2H3,(H,19,22)(H,20,21)(H,23,24). The lowest BCUT2D eigenvalue weighted by Crippen LogP contribution is -2.38. The van der Waals surface area contributed by atoms with Crippen LogP contribution in [-0.2, 0) is 11.3 Å². The molecule has 3 N–H and O–H groups in total. The Bertz CT molecular complexity index is 752. The van der Waals surface area contributed by atoms with Crippen molar-refractivity contribution in [2.75, 3.05) is 6.54 Å². The highest BCUT2D eigenvalue weighted by Crippen LogP contribution is 2.14. The number of thiophene rings is 1. The lowest BCUT2D eigenvalue weighted by Gasteiger charge is -2.19. The van der Waals surface area contributed by atoms with E-state index in [1.165, 1.54) is 11.3 Å². The summed E-state index contributed by atoms with van der Waals surface area (Å²) < 4.78 is 0. The highest BCUT2D eigenvalue weighted by Gasteiger charge is 2.27. The molecule has 1 aromatic heterocycles. The number of aliphatic carboxylic acids is 1. The number of carboxylic acid groups (broad SMARTS) is 1. The van der Waals surface area contributed by atoms with Gasteiger partial charge in [0.2, 0.25) is 0 Å². The molecule has 2 amide bonds. The number of nitrogens with one attached hydrogen (secondary N) is 2. The summed E-state index contributed by atoms with van der Waals surface area (Å²) in [6, 6.07) is 10.4. The Kier molecular flexibility index (Phi) is 5.93. The Morgan fingerprint density at radius 1 is 1.04 bits per heavy atom. The molecule has 0 spiro atoms. The lowest BCUT2D eigenvalue weighted by molar-refractivity contribution is -0.146. The third-order valence-electron chi connectivity index (χ3n) is 3.68. The van der Waals surface area contributed by atoms with Crippen molar-refractivity contribution in [2.24, 2.45) is 5.41 Å². The number of rotatable bonds is 7. The average molecular weight is 360 g/mol. The summed E-state index contributed by atoms with van der Waals surface area (Å²) >= 11 is 1.38. The van der Waals surface area contributed by atoms with Crippen LogP contribution >= 0.6 is 11.3 Å². The van der Waals surface area contributed by atoms with Crippen LogP contribution < -0.4 is 10.6 Å². The maximum atomic E-state index is 12.1. The summed E-state index contributed by atoms with van der Waals surface area (Å²) in [7, 11) is 0. The van der Waals surface area contributed by atoms with E-state index in [0.29, 0.717) is 17.0 Å². The Labute approximate surface area is 149 Å². The topological polar surface area (TPSA) is 95.5 Å². The van der Waals surface area contributed by atoms with E-state index in [2.05, 4.69) is 10.6 Å². The number of benzene rings is 1. The SMILES string of the molecule is CC(C)(CNC(=O)c1ccc(CNC(=O)c2cccs2)cc1)C(=O)O. The summed E-state index contributed by atoms with van der Waals surface area (Å²) in [6.45, 7) is 3.51. The van der Waals surface area contributed by atoms with Crippen LogP contribution in [0.4, 0.5) is 0 Å². The van der Waals surface area contributed by atoms with Crippen molar-refractivity contribution in [3.8, 4) is 0 Å². The molecule has 132 valence electrons. The van der Waals surface area contributed by atoms with E-state index in [9.17, 15) is 14.4 Å². The summed E-state index contributed by atoms with van der Waals surface area (Å²) in [4.78, 5) is 35.6. The molecule has 1 aromatic carbocycles. The van der Waals surface area contributed by atoms with Gasteiger partial charge in [0.05, 0.1) is 10.3 Å². The van der Waals surface area contributed by atoms with Crippen LogP contribution in [0.3, 0.4) is 0 Å². The van der Waals surface area contributed by atoms with E-state index in [0.717, 1.165) is 5.56 Å². The zero-order valence-electron chi connectivity index (χ0n) is 14.0. The van der Waals surface area contributed by atoms with Crippen molar-refractivity contribution in [1.29, 1.82) is 0 Å². The minimum atomic E-state index is -1.03.